The third kappa shape index (κ3) is 4.86. The number of para-hydroxylation sites is 1. The van der Waals surface area contributed by atoms with E-state index in [1.165, 1.54) is 32.4 Å². The molecule has 0 bridgehead atoms. The number of carbonyl (C=O) groups is 1. The van der Waals surface area contributed by atoms with Gasteiger partial charge >= 0.3 is 0 Å². The first-order chi connectivity index (χ1) is 15.0. The molecule has 2 aromatic carbocycles. The van der Waals surface area contributed by atoms with Gasteiger partial charge in [0.15, 0.2) is 5.71 Å². The Labute approximate surface area is 180 Å². The lowest BCUT2D eigenvalue weighted by Gasteiger charge is -2.13. The number of hydrogen-bond donors (Lipinski definition) is 1. The number of likely N-dealkylation sites (N-methyl/N-ethyl adjacent to an activating group) is 1. The summed E-state index contributed by atoms with van der Waals surface area (Å²) in [6.07, 6.45) is 0.993. The summed E-state index contributed by atoms with van der Waals surface area (Å²) in [6, 6.07) is 10.1. The standard InChI is InChI=1S/C20H15ClF2N4O4/c1-24-18(28)17(27-29-2)15-12(22)7-5-9-14(15)31-20-16(23)19(25-10-26-20)30-13-8-4-3-6-11(13)21/h3-10H,1-2H3,(H,24,28)/b27-17+. The molecule has 0 aliphatic rings. The first-order valence-corrected chi connectivity index (χ1v) is 9.06. The number of carbonyl (C=O) groups excluding carboxylic acids is 1. The van der Waals surface area contributed by atoms with Crippen LogP contribution in [0.25, 0.3) is 0 Å². The number of benzene rings is 2. The van der Waals surface area contributed by atoms with Gasteiger partial charge < -0.3 is 19.6 Å². The van der Waals surface area contributed by atoms with Crippen molar-refractivity contribution in [3.05, 3.63) is 71.0 Å². The molecule has 0 saturated carbocycles. The molecule has 3 rings (SSSR count). The van der Waals surface area contributed by atoms with E-state index in [1.54, 1.807) is 18.2 Å². The van der Waals surface area contributed by atoms with Crippen molar-refractivity contribution in [1.82, 2.24) is 15.3 Å². The maximum Gasteiger partial charge on any atom is 0.273 e. The van der Waals surface area contributed by atoms with Gasteiger partial charge in [-0.25, -0.2) is 4.39 Å². The molecular weight excluding hydrogens is 434 g/mol. The quantitative estimate of drug-likeness (QED) is 0.432. The minimum atomic E-state index is -1.07. The van der Waals surface area contributed by atoms with Crippen LogP contribution in [0.15, 0.2) is 53.9 Å². The molecule has 1 aromatic heterocycles. The molecule has 160 valence electrons. The zero-order valence-corrected chi connectivity index (χ0v) is 17.0. The van der Waals surface area contributed by atoms with Crippen LogP contribution >= 0.6 is 11.6 Å². The third-order valence-corrected chi connectivity index (χ3v) is 4.12. The van der Waals surface area contributed by atoms with Crippen LogP contribution in [0.5, 0.6) is 23.3 Å². The smallest absolute Gasteiger partial charge is 0.273 e. The first kappa shape index (κ1) is 21.9. The zero-order valence-electron chi connectivity index (χ0n) is 16.2. The second-order valence-electron chi connectivity index (χ2n) is 5.75. The average Bonchev–Trinajstić information content (AvgIpc) is 2.76. The predicted octanol–water partition coefficient (Wildman–Crippen LogP) is 4.09. The largest absolute Gasteiger partial charge is 0.435 e. The summed E-state index contributed by atoms with van der Waals surface area (Å²) < 4.78 is 40.4. The summed E-state index contributed by atoms with van der Waals surface area (Å²) in [5.41, 5.74) is -0.768. The van der Waals surface area contributed by atoms with Crippen LogP contribution < -0.4 is 14.8 Å². The van der Waals surface area contributed by atoms with Gasteiger partial charge in [-0.05, 0) is 24.3 Å². The number of halogens is 3. The normalized spacial score (nSPS) is 11.1. The number of ether oxygens (including phenoxy) is 2. The fourth-order valence-corrected chi connectivity index (χ4v) is 2.62. The number of nitrogens with zero attached hydrogens (tertiary/aromatic N) is 3. The summed E-state index contributed by atoms with van der Waals surface area (Å²) in [5.74, 6) is -3.77. The molecule has 0 unspecified atom stereocenters. The van der Waals surface area contributed by atoms with Crippen LogP contribution in [-0.4, -0.2) is 35.7 Å². The van der Waals surface area contributed by atoms with E-state index in [1.807, 2.05) is 0 Å². The Morgan fingerprint density at radius 1 is 1.03 bits per heavy atom. The topological polar surface area (TPSA) is 94.9 Å². The van der Waals surface area contributed by atoms with Gasteiger partial charge in [0, 0.05) is 7.05 Å². The van der Waals surface area contributed by atoms with Crippen LogP contribution in [0.4, 0.5) is 8.78 Å². The summed E-state index contributed by atoms with van der Waals surface area (Å²) in [7, 11) is 2.52. The second-order valence-corrected chi connectivity index (χ2v) is 6.15. The van der Waals surface area contributed by atoms with Gasteiger partial charge in [0.2, 0.25) is 5.82 Å². The molecule has 31 heavy (non-hydrogen) atoms. The number of hydrogen-bond acceptors (Lipinski definition) is 7. The Kier molecular flexibility index (Phi) is 6.93. The average molecular weight is 449 g/mol. The molecule has 11 heteroatoms. The molecule has 0 radical (unpaired) electrons. The van der Waals surface area contributed by atoms with Crippen LogP contribution in [-0.2, 0) is 9.63 Å². The number of oxime groups is 1. The number of amides is 1. The van der Waals surface area contributed by atoms with E-state index < -0.39 is 35.0 Å². The van der Waals surface area contributed by atoms with E-state index in [0.717, 1.165) is 12.4 Å². The number of rotatable bonds is 7. The second kappa shape index (κ2) is 9.81. The molecule has 1 N–H and O–H groups in total. The van der Waals surface area contributed by atoms with Gasteiger partial charge in [0.25, 0.3) is 17.7 Å². The maximum absolute atomic E-state index is 14.9. The molecule has 8 nitrogen and oxygen atoms in total. The molecule has 0 spiro atoms. The van der Waals surface area contributed by atoms with Crippen molar-refractivity contribution in [2.75, 3.05) is 14.2 Å². The Balaban J connectivity index is 2.01. The van der Waals surface area contributed by atoms with Gasteiger partial charge in [-0.3, -0.25) is 4.79 Å². The van der Waals surface area contributed by atoms with Crippen molar-refractivity contribution in [3.63, 3.8) is 0 Å². The first-order valence-electron chi connectivity index (χ1n) is 8.69. The highest BCUT2D eigenvalue weighted by molar-refractivity contribution is 6.45. The molecule has 0 atom stereocenters. The molecule has 1 amide bonds. The predicted molar refractivity (Wildman–Crippen MR) is 108 cm³/mol. The Morgan fingerprint density at radius 3 is 2.32 bits per heavy atom. The van der Waals surface area contributed by atoms with Crippen LogP contribution in [0, 0.1) is 11.6 Å². The number of nitrogens with one attached hydrogen (secondary N) is 1. The van der Waals surface area contributed by atoms with Crippen molar-refractivity contribution in [2.45, 2.75) is 0 Å². The minimum Gasteiger partial charge on any atom is -0.435 e. The summed E-state index contributed by atoms with van der Waals surface area (Å²) >= 11 is 6.02. The third-order valence-electron chi connectivity index (χ3n) is 3.81. The van der Waals surface area contributed by atoms with Gasteiger partial charge in [-0.15, -0.1) is 0 Å². The van der Waals surface area contributed by atoms with Crippen LogP contribution in [0.3, 0.4) is 0 Å². The molecule has 0 saturated heterocycles. The molecule has 1 heterocycles. The zero-order chi connectivity index (χ0) is 22.4. The Morgan fingerprint density at radius 2 is 1.68 bits per heavy atom. The van der Waals surface area contributed by atoms with Crippen molar-refractivity contribution in [1.29, 1.82) is 0 Å². The highest BCUT2D eigenvalue weighted by Crippen LogP contribution is 2.34. The lowest BCUT2D eigenvalue weighted by molar-refractivity contribution is -0.114. The van der Waals surface area contributed by atoms with Gasteiger partial charge in [-0.2, -0.15) is 14.4 Å². The lowest BCUT2D eigenvalue weighted by atomic mass is 10.1. The molecule has 3 aromatic rings. The number of aromatic nitrogens is 2. The van der Waals surface area contributed by atoms with E-state index in [-0.39, 0.29) is 22.1 Å². The molecular formula is C20H15ClF2N4O4. The van der Waals surface area contributed by atoms with E-state index in [9.17, 15) is 13.6 Å². The fourth-order valence-electron chi connectivity index (χ4n) is 2.45. The summed E-state index contributed by atoms with van der Waals surface area (Å²) in [6.45, 7) is 0. The summed E-state index contributed by atoms with van der Waals surface area (Å²) in [4.78, 5) is 24.2. The van der Waals surface area contributed by atoms with Gasteiger partial charge in [-0.1, -0.05) is 35.0 Å². The van der Waals surface area contributed by atoms with Crippen molar-refractivity contribution >= 4 is 23.2 Å². The lowest BCUT2D eigenvalue weighted by Crippen LogP contribution is -2.29. The van der Waals surface area contributed by atoms with Crippen molar-refractivity contribution in [3.8, 4) is 23.3 Å². The monoisotopic (exact) mass is 448 g/mol. The highest BCUT2D eigenvalue weighted by atomic mass is 35.5. The van der Waals surface area contributed by atoms with Crippen LogP contribution in [0.2, 0.25) is 5.02 Å². The Hall–Kier alpha value is -3.79. The molecule has 0 aliphatic carbocycles. The minimum absolute atomic E-state index is 0.160. The van der Waals surface area contributed by atoms with E-state index in [0.29, 0.717) is 0 Å². The Bertz CT molecular complexity index is 1140. The van der Waals surface area contributed by atoms with Crippen molar-refractivity contribution < 1.29 is 27.9 Å². The summed E-state index contributed by atoms with van der Waals surface area (Å²) in [5, 5.41) is 6.11. The van der Waals surface area contributed by atoms with Crippen molar-refractivity contribution in [2.24, 2.45) is 5.16 Å². The SMILES string of the molecule is CNC(=O)/C(=N/OC)c1c(F)cccc1Oc1ncnc(Oc2ccccc2Cl)c1F. The van der Waals surface area contributed by atoms with E-state index in [4.69, 9.17) is 21.1 Å². The van der Waals surface area contributed by atoms with E-state index in [2.05, 4.69) is 25.3 Å². The fraction of sp³-hybridized carbons (Fsp3) is 0.100. The van der Waals surface area contributed by atoms with Gasteiger partial charge in [0.05, 0.1) is 10.6 Å². The molecule has 0 fully saturated rings. The van der Waals surface area contributed by atoms with Gasteiger partial charge in [0.1, 0.15) is 30.8 Å². The maximum atomic E-state index is 14.9. The van der Waals surface area contributed by atoms with E-state index >= 15 is 0 Å². The highest BCUT2D eigenvalue weighted by Gasteiger charge is 2.25. The molecule has 0 aliphatic heterocycles. The van der Waals surface area contributed by atoms with Crippen LogP contribution in [0.1, 0.15) is 5.56 Å².